The van der Waals surface area contributed by atoms with Crippen molar-refractivity contribution < 1.29 is 4.39 Å². The highest BCUT2D eigenvalue weighted by atomic mass is 79.9. The second-order valence-corrected chi connectivity index (χ2v) is 5.10. The summed E-state index contributed by atoms with van der Waals surface area (Å²) in [7, 11) is 0. The minimum Gasteiger partial charge on any atom is -0.350 e. The third-order valence-electron chi connectivity index (χ3n) is 2.83. The number of aryl methyl sites for hydroxylation is 1. The number of aromatic nitrogens is 5. The van der Waals surface area contributed by atoms with Crippen LogP contribution in [0.3, 0.4) is 0 Å². The maximum atomic E-state index is 13.4. The molecule has 104 valence electrons. The molecule has 0 amide bonds. The summed E-state index contributed by atoms with van der Waals surface area (Å²) >= 11 is 3.14. The first kappa shape index (κ1) is 13.0. The zero-order chi connectivity index (χ0) is 14.1. The molecule has 0 unspecified atom stereocenters. The van der Waals surface area contributed by atoms with Gasteiger partial charge in [-0.1, -0.05) is 0 Å². The molecule has 3 rings (SSSR count). The van der Waals surface area contributed by atoms with Crippen molar-refractivity contribution in [3.63, 3.8) is 0 Å². The molecule has 0 aliphatic heterocycles. The molecule has 2 aromatic heterocycles. The number of H-pyrrole nitrogens is 1. The van der Waals surface area contributed by atoms with Crippen LogP contribution in [0.1, 0.15) is 12.6 Å². The zero-order valence-electron chi connectivity index (χ0n) is 10.7. The van der Waals surface area contributed by atoms with Gasteiger partial charge in [0, 0.05) is 6.07 Å². The number of hydrogen-bond acceptors (Lipinski definition) is 4. The molecule has 8 heteroatoms. The van der Waals surface area contributed by atoms with E-state index in [4.69, 9.17) is 0 Å². The maximum absolute atomic E-state index is 13.4. The lowest BCUT2D eigenvalue weighted by atomic mass is 10.3. The largest absolute Gasteiger partial charge is 0.350 e. The first-order valence-corrected chi connectivity index (χ1v) is 6.92. The molecule has 0 atom stereocenters. The van der Waals surface area contributed by atoms with Gasteiger partial charge >= 0.3 is 0 Å². The van der Waals surface area contributed by atoms with Crippen molar-refractivity contribution in [3.8, 4) is 0 Å². The Bertz CT molecular complexity index is 711. The van der Waals surface area contributed by atoms with E-state index in [0.717, 1.165) is 12.2 Å². The van der Waals surface area contributed by atoms with E-state index in [1.807, 2.05) is 6.92 Å². The van der Waals surface area contributed by atoms with Gasteiger partial charge in [0.1, 0.15) is 11.5 Å². The Labute approximate surface area is 122 Å². The average molecular weight is 339 g/mol. The van der Waals surface area contributed by atoms with E-state index in [2.05, 4.69) is 41.4 Å². The molecular weight excluding hydrogens is 327 g/mol. The third-order valence-corrected chi connectivity index (χ3v) is 3.44. The van der Waals surface area contributed by atoms with Crippen LogP contribution in [0.5, 0.6) is 0 Å². The molecule has 2 N–H and O–H groups in total. The Morgan fingerprint density at radius 3 is 3.05 bits per heavy atom. The van der Waals surface area contributed by atoms with Crippen molar-refractivity contribution in [2.24, 2.45) is 0 Å². The van der Waals surface area contributed by atoms with E-state index in [1.54, 1.807) is 17.1 Å². The summed E-state index contributed by atoms with van der Waals surface area (Å²) in [5.41, 5.74) is 2.16. The number of aromatic amines is 1. The fraction of sp³-hybridized carbons (Fsp3) is 0.250. The van der Waals surface area contributed by atoms with Gasteiger partial charge in [-0.3, -0.25) is 0 Å². The molecule has 0 aliphatic rings. The third kappa shape index (κ3) is 2.51. The number of anilines is 1. The summed E-state index contributed by atoms with van der Waals surface area (Å²) in [6, 6.07) is 3.05. The fourth-order valence-electron chi connectivity index (χ4n) is 1.83. The van der Waals surface area contributed by atoms with Crippen LogP contribution in [0, 0.1) is 5.82 Å². The summed E-state index contributed by atoms with van der Waals surface area (Å²) in [4.78, 5) is 8.97. The monoisotopic (exact) mass is 338 g/mol. The van der Waals surface area contributed by atoms with Gasteiger partial charge in [-0.05, 0) is 28.9 Å². The average Bonchev–Trinajstić information content (AvgIpc) is 3.03. The molecule has 2 heterocycles. The number of hydrogen-bond donors (Lipinski definition) is 2. The molecule has 20 heavy (non-hydrogen) atoms. The second kappa shape index (κ2) is 5.20. The van der Waals surface area contributed by atoms with Crippen LogP contribution < -0.4 is 5.32 Å². The standard InChI is InChI=1S/C12H12BrFN6/c1-2-20-16-6-7(19-20)5-15-12-17-10-3-8(13)9(14)4-11(10)18-12/h3-4,6H,2,5H2,1H3,(H2,15,17,18). The van der Waals surface area contributed by atoms with Crippen LogP contribution in [0.4, 0.5) is 10.3 Å². The molecule has 0 saturated carbocycles. The van der Waals surface area contributed by atoms with Gasteiger partial charge in [-0.25, -0.2) is 9.37 Å². The van der Waals surface area contributed by atoms with Crippen molar-refractivity contribution in [1.29, 1.82) is 0 Å². The van der Waals surface area contributed by atoms with Gasteiger partial charge in [-0.2, -0.15) is 15.0 Å². The lowest BCUT2D eigenvalue weighted by molar-refractivity contribution is 0.564. The number of imidazole rings is 1. The Balaban J connectivity index is 1.77. The summed E-state index contributed by atoms with van der Waals surface area (Å²) in [5, 5.41) is 11.5. The number of nitrogens with one attached hydrogen (secondary N) is 2. The highest BCUT2D eigenvalue weighted by Crippen LogP contribution is 2.23. The van der Waals surface area contributed by atoms with Crippen molar-refractivity contribution in [3.05, 3.63) is 34.3 Å². The van der Waals surface area contributed by atoms with Crippen molar-refractivity contribution >= 4 is 32.9 Å². The van der Waals surface area contributed by atoms with Crippen LogP contribution in [-0.2, 0) is 13.1 Å². The Kier molecular flexibility index (Phi) is 3.39. The van der Waals surface area contributed by atoms with Gasteiger partial charge in [-0.15, -0.1) is 0 Å². The molecule has 0 aliphatic carbocycles. The molecule has 3 aromatic rings. The minimum atomic E-state index is -0.321. The highest BCUT2D eigenvalue weighted by molar-refractivity contribution is 9.10. The topological polar surface area (TPSA) is 71.4 Å². The summed E-state index contributed by atoms with van der Waals surface area (Å²) < 4.78 is 13.8. The van der Waals surface area contributed by atoms with E-state index in [-0.39, 0.29) is 5.82 Å². The number of benzene rings is 1. The second-order valence-electron chi connectivity index (χ2n) is 4.25. The van der Waals surface area contributed by atoms with E-state index < -0.39 is 0 Å². The summed E-state index contributed by atoms with van der Waals surface area (Å²) in [6.45, 7) is 3.21. The fourth-order valence-corrected chi connectivity index (χ4v) is 2.16. The lowest BCUT2D eigenvalue weighted by Crippen LogP contribution is -2.03. The number of rotatable bonds is 4. The van der Waals surface area contributed by atoms with Gasteiger partial charge in [0.15, 0.2) is 0 Å². The molecule has 0 spiro atoms. The predicted octanol–water partition coefficient (Wildman–Crippen LogP) is 2.69. The Morgan fingerprint density at radius 2 is 2.30 bits per heavy atom. The van der Waals surface area contributed by atoms with E-state index >= 15 is 0 Å². The Hall–Kier alpha value is -1.96. The van der Waals surface area contributed by atoms with Crippen LogP contribution >= 0.6 is 15.9 Å². The lowest BCUT2D eigenvalue weighted by Gasteiger charge is -1.98. The van der Waals surface area contributed by atoms with E-state index in [1.165, 1.54) is 6.07 Å². The molecule has 1 aromatic carbocycles. The molecule has 0 radical (unpaired) electrons. The first-order valence-electron chi connectivity index (χ1n) is 6.13. The van der Waals surface area contributed by atoms with Crippen molar-refractivity contribution in [2.45, 2.75) is 20.0 Å². The minimum absolute atomic E-state index is 0.321. The summed E-state index contributed by atoms with van der Waals surface area (Å²) in [5.74, 6) is 0.252. The number of halogens is 2. The Morgan fingerprint density at radius 1 is 1.45 bits per heavy atom. The van der Waals surface area contributed by atoms with Crippen LogP contribution in [0.2, 0.25) is 0 Å². The first-order chi connectivity index (χ1) is 9.65. The van der Waals surface area contributed by atoms with Crippen LogP contribution in [-0.4, -0.2) is 25.0 Å². The molecule has 6 nitrogen and oxygen atoms in total. The number of nitrogens with zero attached hydrogens (tertiary/aromatic N) is 4. The predicted molar refractivity (Wildman–Crippen MR) is 76.8 cm³/mol. The normalized spacial score (nSPS) is 11.2. The van der Waals surface area contributed by atoms with Crippen molar-refractivity contribution in [2.75, 3.05) is 5.32 Å². The molecular formula is C12H12BrFN6. The molecule has 0 fully saturated rings. The van der Waals surface area contributed by atoms with E-state index in [0.29, 0.717) is 28.0 Å². The molecule has 0 bridgehead atoms. The zero-order valence-corrected chi connectivity index (χ0v) is 12.3. The van der Waals surface area contributed by atoms with Crippen LogP contribution in [0.25, 0.3) is 11.0 Å². The SMILES string of the molecule is CCn1ncc(CNc2nc3cc(Br)c(F)cc3[nH]2)n1. The van der Waals surface area contributed by atoms with E-state index in [9.17, 15) is 4.39 Å². The summed E-state index contributed by atoms with van der Waals surface area (Å²) in [6.07, 6.45) is 1.70. The van der Waals surface area contributed by atoms with Gasteiger partial charge in [0.05, 0.1) is 34.8 Å². The van der Waals surface area contributed by atoms with Gasteiger partial charge < -0.3 is 10.3 Å². The quantitative estimate of drug-likeness (QED) is 0.767. The smallest absolute Gasteiger partial charge is 0.201 e. The maximum Gasteiger partial charge on any atom is 0.201 e. The van der Waals surface area contributed by atoms with Crippen LogP contribution in [0.15, 0.2) is 22.8 Å². The molecule has 0 saturated heterocycles. The number of fused-ring (bicyclic) bond motifs is 1. The van der Waals surface area contributed by atoms with Gasteiger partial charge in [0.2, 0.25) is 5.95 Å². The van der Waals surface area contributed by atoms with Gasteiger partial charge in [0.25, 0.3) is 0 Å². The highest BCUT2D eigenvalue weighted by Gasteiger charge is 2.07. The van der Waals surface area contributed by atoms with Crippen molar-refractivity contribution in [1.82, 2.24) is 25.0 Å².